The molecule has 0 aromatic rings. The Morgan fingerprint density at radius 3 is 0.364 bits per heavy atom. The Morgan fingerprint density at radius 1 is 0.333 bits per heavy atom. The van der Waals surface area contributed by atoms with Gasteiger partial charge in [-0.2, -0.15) is 52.7 Å². The molecule has 0 aliphatic rings. The SMILES string of the molecule is O=S(=O)([O-])C(F)(F)F.O=S(=O)([O-])C(F)(F)F.O=S(=O)([O-])C(F)(F)F.O=S(=O)([O-])C(F)(F)F.[Pr]. The molecule has 29 heteroatoms. The molecule has 0 bridgehead atoms. The van der Waals surface area contributed by atoms with Crippen molar-refractivity contribution in [2.45, 2.75) is 22.0 Å². The van der Waals surface area contributed by atoms with Crippen LogP contribution in [0.15, 0.2) is 0 Å². The third-order valence-corrected chi connectivity index (χ3v) is 3.40. The fourth-order valence-corrected chi connectivity index (χ4v) is 0. The molecule has 0 atom stereocenters. The van der Waals surface area contributed by atoms with E-state index >= 15 is 0 Å². The van der Waals surface area contributed by atoms with Crippen LogP contribution in [0.2, 0.25) is 0 Å². The molecule has 12 nitrogen and oxygen atoms in total. The molecule has 33 heavy (non-hydrogen) atoms. The van der Waals surface area contributed by atoms with Crippen molar-refractivity contribution < 1.29 is 146 Å². The van der Waals surface area contributed by atoms with Gasteiger partial charge in [0.15, 0.2) is 40.5 Å². The van der Waals surface area contributed by atoms with Crippen molar-refractivity contribution in [1.82, 2.24) is 0 Å². The van der Waals surface area contributed by atoms with Crippen molar-refractivity contribution in [3.05, 3.63) is 0 Å². The van der Waals surface area contributed by atoms with Gasteiger partial charge in [-0.15, -0.1) is 0 Å². The fraction of sp³-hybridized carbons (Fsp3) is 1.00. The Labute approximate surface area is 207 Å². The molecule has 0 aromatic heterocycles. The van der Waals surface area contributed by atoms with Crippen LogP contribution in [0.25, 0.3) is 0 Å². The summed E-state index contributed by atoms with van der Waals surface area (Å²) in [5.41, 5.74) is -22.6. The number of hydrogen-bond donors (Lipinski definition) is 0. The van der Waals surface area contributed by atoms with Gasteiger partial charge in [-0.3, -0.25) is 0 Å². The van der Waals surface area contributed by atoms with Gasteiger partial charge in [0.05, 0.1) is 0 Å². The van der Waals surface area contributed by atoms with Gasteiger partial charge < -0.3 is 18.2 Å². The zero-order valence-corrected chi connectivity index (χ0v) is 20.6. The number of alkyl halides is 12. The molecule has 0 aliphatic carbocycles. The summed E-state index contributed by atoms with van der Waals surface area (Å²) in [5.74, 6) is 0. The van der Waals surface area contributed by atoms with E-state index in [-0.39, 0.29) is 41.3 Å². The van der Waals surface area contributed by atoms with Crippen molar-refractivity contribution in [2.24, 2.45) is 0 Å². The Bertz CT molecular complexity index is 828. The Kier molecular flexibility index (Phi) is 17.6. The van der Waals surface area contributed by atoms with Crippen LogP contribution in [0.5, 0.6) is 0 Å². The number of hydrogen-bond acceptors (Lipinski definition) is 12. The maximum Gasteiger partial charge on any atom is 0.485 e. The second-order valence-electron chi connectivity index (χ2n) is 3.60. The zero-order valence-electron chi connectivity index (χ0n) is 13.6. The summed E-state index contributed by atoms with van der Waals surface area (Å²) in [7, 11) is -24.4. The second-order valence-corrected chi connectivity index (χ2v) is 9.08. The minimum atomic E-state index is -6.09. The van der Waals surface area contributed by atoms with Gasteiger partial charge in [0, 0.05) is 41.3 Å². The average molecular weight is 737 g/mol. The summed E-state index contributed by atoms with van der Waals surface area (Å²) in [6, 6.07) is 0. The molecule has 0 amide bonds. The minimum absolute atomic E-state index is 0. The molecule has 0 N–H and O–H groups in total. The first-order chi connectivity index (χ1) is 13.0. The first-order valence-electron chi connectivity index (χ1n) is 5.08. The van der Waals surface area contributed by atoms with Crippen LogP contribution in [-0.2, 0) is 40.5 Å². The fourth-order valence-electron chi connectivity index (χ4n) is 0. The molecule has 0 fully saturated rings. The molecule has 203 valence electrons. The van der Waals surface area contributed by atoms with E-state index in [0.717, 1.165) is 0 Å². The van der Waals surface area contributed by atoms with Crippen molar-refractivity contribution in [1.29, 1.82) is 0 Å². The summed E-state index contributed by atoms with van der Waals surface area (Å²) in [6.07, 6.45) is 0. The van der Waals surface area contributed by atoms with E-state index in [1.165, 1.54) is 0 Å². The summed E-state index contributed by atoms with van der Waals surface area (Å²) in [4.78, 5) is 0. The molecule has 0 spiro atoms. The van der Waals surface area contributed by atoms with Crippen molar-refractivity contribution in [3.63, 3.8) is 0 Å². The van der Waals surface area contributed by atoms with E-state index in [9.17, 15) is 52.7 Å². The van der Waals surface area contributed by atoms with Crippen LogP contribution in [0.3, 0.4) is 0 Å². The first-order valence-corrected chi connectivity index (χ1v) is 10.7. The van der Waals surface area contributed by atoms with E-state index in [2.05, 4.69) is 0 Å². The maximum atomic E-state index is 10.7. The summed E-state index contributed by atoms with van der Waals surface area (Å²) >= 11 is 0. The third kappa shape index (κ3) is 22.4. The Balaban J connectivity index is -0.000000105. The van der Waals surface area contributed by atoms with Crippen LogP contribution < -0.4 is 0 Å². The quantitative estimate of drug-likeness (QED) is 0.185. The number of halogens is 12. The molecule has 0 rings (SSSR count). The summed E-state index contributed by atoms with van der Waals surface area (Å²) in [6.45, 7) is 0. The van der Waals surface area contributed by atoms with Crippen LogP contribution >= 0.6 is 0 Å². The maximum absolute atomic E-state index is 10.7. The summed E-state index contributed by atoms with van der Waals surface area (Å²) < 4.78 is 236. The average Bonchev–Trinajstić information content (AvgIpc) is 2.30. The van der Waals surface area contributed by atoms with Gasteiger partial charge in [0.2, 0.25) is 0 Å². The van der Waals surface area contributed by atoms with Crippen LogP contribution in [0, 0.1) is 41.3 Å². The monoisotopic (exact) mass is 737 g/mol. The molecule has 0 saturated carbocycles. The van der Waals surface area contributed by atoms with Crippen molar-refractivity contribution >= 4 is 40.5 Å². The first kappa shape index (κ1) is 43.3. The molecule has 0 aromatic carbocycles. The smallest absolute Gasteiger partial charge is 0.485 e. The van der Waals surface area contributed by atoms with E-state index in [0.29, 0.717) is 0 Å². The predicted molar refractivity (Wildman–Crippen MR) is 63.0 cm³/mol. The summed E-state index contributed by atoms with van der Waals surface area (Å²) in [5, 5.41) is 0. The van der Waals surface area contributed by atoms with E-state index in [1.807, 2.05) is 0 Å². The van der Waals surface area contributed by atoms with Gasteiger partial charge >= 0.3 is 22.0 Å². The van der Waals surface area contributed by atoms with Gasteiger partial charge in [-0.1, -0.05) is 0 Å². The Hall–Kier alpha value is 0.164. The van der Waals surface area contributed by atoms with Crippen molar-refractivity contribution in [2.75, 3.05) is 0 Å². The largest absolute Gasteiger partial charge is 0.741 e. The molecule has 0 saturated heterocycles. The molecular weight excluding hydrogens is 737 g/mol. The normalized spacial score (nSPS) is 13.6. The zero-order chi connectivity index (χ0) is 28.0. The third-order valence-electron chi connectivity index (χ3n) is 1.13. The minimum Gasteiger partial charge on any atom is -0.741 e. The van der Waals surface area contributed by atoms with E-state index in [1.54, 1.807) is 0 Å². The topological polar surface area (TPSA) is 229 Å². The van der Waals surface area contributed by atoms with E-state index < -0.39 is 62.5 Å². The molecule has 0 aliphatic heterocycles. The van der Waals surface area contributed by atoms with Crippen LogP contribution in [0.4, 0.5) is 52.7 Å². The number of rotatable bonds is 0. The standard InChI is InChI=1S/4CHF3O3S.Pr/c4*2-1(3,4)8(5,6)7;/h4*(H,5,6,7);/p-4. The molecule has 0 unspecified atom stereocenters. The molecule has 0 heterocycles. The van der Waals surface area contributed by atoms with Crippen LogP contribution in [-0.4, -0.2) is 73.9 Å². The van der Waals surface area contributed by atoms with Crippen LogP contribution in [0.1, 0.15) is 0 Å². The molecular formula is C4F12O12PrS4-4. The van der Waals surface area contributed by atoms with E-state index in [4.69, 9.17) is 51.9 Å². The Morgan fingerprint density at radius 2 is 0.364 bits per heavy atom. The van der Waals surface area contributed by atoms with Gasteiger partial charge in [-0.05, 0) is 0 Å². The van der Waals surface area contributed by atoms with Gasteiger partial charge in [0.25, 0.3) is 0 Å². The molecule has 1 radical (unpaired) electrons. The van der Waals surface area contributed by atoms with Crippen molar-refractivity contribution in [3.8, 4) is 0 Å². The second kappa shape index (κ2) is 13.5. The van der Waals surface area contributed by atoms with Gasteiger partial charge in [0.1, 0.15) is 0 Å². The predicted octanol–water partition coefficient (Wildman–Crippen LogP) is 0.206. The van der Waals surface area contributed by atoms with Gasteiger partial charge in [-0.25, -0.2) is 33.7 Å².